The van der Waals surface area contributed by atoms with Gasteiger partial charge in [0.25, 0.3) is 0 Å². The van der Waals surface area contributed by atoms with Gasteiger partial charge in [-0.2, -0.15) is 10.4 Å². The van der Waals surface area contributed by atoms with Crippen LogP contribution in [-0.2, 0) is 7.05 Å². The normalized spacial score (nSPS) is 10.0. The molecular formula is C9H8N4S. The molecule has 5 heteroatoms. The Morgan fingerprint density at radius 1 is 1.57 bits per heavy atom. The summed E-state index contributed by atoms with van der Waals surface area (Å²) in [5.74, 6) is 0. The molecule has 0 atom stereocenters. The number of nitrogens with zero attached hydrogens (tertiary/aromatic N) is 3. The van der Waals surface area contributed by atoms with Crippen molar-refractivity contribution in [2.45, 2.75) is 0 Å². The van der Waals surface area contributed by atoms with Gasteiger partial charge in [0.2, 0.25) is 0 Å². The molecule has 0 amide bonds. The van der Waals surface area contributed by atoms with Crippen LogP contribution in [0.1, 0.15) is 4.88 Å². The molecule has 0 aliphatic heterocycles. The van der Waals surface area contributed by atoms with Crippen molar-refractivity contribution in [3.63, 3.8) is 0 Å². The van der Waals surface area contributed by atoms with E-state index >= 15 is 0 Å². The summed E-state index contributed by atoms with van der Waals surface area (Å²) in [6.45, 7) is 0. The Labute approximate surface area is 85.2 Å². The zero-order chi connectivity index (χ0) is 10.1. The summed E-state index contributed by atoms with van der Waals surface area (Å²) in [7, 11) is 1.83. The van der Waals surface area contributed by atoms with Crippen molar-refractivity contribution in [1.29, 1.82) is 5.26 Å². The minimum atomic E-state index is 0.638. The molecule has 0 spiro atoms. The Hall–Kier alpha value is -1.80. The van der Waals surface area contributed by atoms with E-state index in [4.69, 9.17) is 11.0 Å². The van der Waals surface area contributed by atoms with Gasteiger partial charge in [0, 0.05) is 7.05 Å². The first-order valence-corrected chi connectivity index (χ1v) is 4.82. The second-order valence-corrected chi connectivity index (χ2v) is 3.93. The highest BCUT2D eigenvalue weighted by Crippen LogP contribution is 2.31. The van der Waals surface area contributed by atoms with E-state index in [2.05, 4.69) is 11.2 Å². The summed E-state index contributed by atoms with van der Waals surface area (Å²) < 4.78 is 1.71. The second-order valence-electron chi connectivity index (χ2n) is 2.85. The number of hydrogen-bond acceptors (Lipinski definition) is 4. The van der Waals surface area contributed by atoms with Crippen LogP contribution in [0.25, 0.3) is 10.6 Å². The van der Waals surface area contributed by atoms with Gasteiger partial charge in [-0.1, -0.05) is 0 Å². The zero-order valence-electron chi connectivity index (χ0n) is 7.56. The summed E-state index contributed by atoms with van der Waals surface area (Å²) in [6, 6.07) is 5.77. The van der Waals surface area contributed by atoms with Crippen LogP contribution in [0.4, 0.5) is 5.69 Å². The first-order valence-electron chi connectivity index (χ1n) is 4.00. The summed E-state index contributed by atoms with van der Waals surface area (Å²) in [5, 5.41) is 12.7. The van der Waals surface area contributed by atoms with Crippen molar-refractivity contribution in [1.82, 2.24) is 9.78 Å². The SMILES string of the molecule is Cn1ncc(N)c1-c1ccc(C#N)s1. The number of thiophene rings is 1. The van der Waals surface area contributed by atoms with Gasteiger partial charge in [-0.25, -0.2) is 0 Å². The van der Waals surface area contributed by atoms with Gasteiger partial charge in [-0.3, -0.25) is 4.68 Å². The van der Waals surface area contributed by atoms with Crippen molar-refractivity contribution in [3.8, 4) is 16.6 Å². The number of rotatable bonds is 1. The number of nitrogens with two attached hydrogens (primary N) is 1. The molecule has 2 aromatic rings. The van der Waals surface area contributed by atoms with Gasteiger partial charge in [-0.15, -0.1) is 11.3 Å². The average Bonchev–Trinajstić information content (AvgIpc) is 2.73. The second kappa shape index (κ2) is 3.16. The van der Waals surface area contributed by atoms with Gasteiger partial charge >= 0.3 is 0 Å². The molecule has 2 heterocycles. The van der Waals surface area contributed by atoms with Gasteiger partial charge < -0.3 is 5.73 Å². The molecule has 2 rings (SSSR count). The molecule has 14 heavy (non-hydrogen) atoms. The third-order valence-corrected chi connectivity index (χ3v) is 2.91. The minimum Gasteiger partial charge on any atom is -0.396 e. The first kappa shape index (κ1) is 8.78. The Morgan fingerprint density at radius 2 is 2.36 bits per heavy atom. The highest BCUT2D eigenvalue weighted by molar-refractivity contribution is 7.16. The lowest BCUT2D eigenvalue weighted by Gasteiger charge is -1.98. The fourth-order valence-corrected chi connectivity index (χ4v) is 2.18. The monoisotopic (exact) mass is 204 g/mol. The van der Waals surface area contributed by atoms with Crippen LogP contribution in [0.15, 0.2) is 18.3 Å². The minimum absolute atomic E-state index is 0.638. The number of nitrogen functional groups attached to an aromatic ring is 1. The fourth-order valence-electron chi connectivity index (χ4n) is 1.28. The molecule has 0 radical (unpaired) electrons. The number of aryl methyl sites for hydroxylation is 1. The predicted octanol–water partition coefficient (Wildman–Crippen LogP) is 1.60. The smallest absolute Gasteiger partial charge is 0.110 e. The van der Waals surface area contributed by atoms with Crippen LogP contribution in [0.3, 0.4) is 0 Å². The van der Waals surface area contributed by atoms with Crippen molar-refractivity contribution in [2.75, 3.05) is 5.73 Å². The zero-order valence-corrected chi connectivity index (χ0v) is 8.38. The molecule has 2 aromatic heterocycles. The summed E-state index contributed by atoms with van der Waals surface area (Å²) in [6.07, 6.45) is 1.61. The fraction of sp³-hybridized carbons (Fsp3) is 0.111. The number of hydrogen-bond donors (Lipinski definition) is 1. The number of nitriles is 1. The largest absolute Gasteiger partial charge is 0.396 e. The van der Waals surface area contributed by atoms with Crippen LogP contribution in [0.5, 0.6) is 0 Å². The molecule has 0 saturated heterocycles. The molecule has 0 unspecified atom stereocenters. The van der Waals surface area contributed by atoms with Crippen LogP contribution < -0.4 is 5.73 Å². The standard InChI is InChI=1S/C9H8N4S/c1-13-9(7(11)5-12-13)8-3-2-6(4-10)14-8/h2-3,5H,11H2,1H3. The molecule has 70 valence electrons. The Kier molecular flexibility index (Phi) is 1.98. The molecule has 0 bridgehead atoms. The molecule has 0 aromatic carbocycles. The maximum absolute atomic E-state index is 8.69. The third kappa shape index (κ3) is 1.26. The third-order valence-electron chi connectivity index (χ3n) is 1.92. The van der Waals surface area contributed by atoms with Crippen molar-refractivity contribution in [3.05, 3.63) is 23.2 Å². The Morgan fingerprint density at radius 3 is 2.86 bits per heavy atom. The van der Waals surface area contributed by atoms with Crippen LogP contribution in [0, 0.1) is 11.3 Å². The van der Waals surface area contributed by atoms with E-state index in [1.807, 2.05) is 13.1 Å². The predicted molar refractivity (Wildman–Crippen MR) is 55.6 cm³/mol. The van der Waals surface area contributed by atoms with E-state index in [0.29, 0.717) is 10.6 Å². The lowest BCUT2D eigenvalue weighted by molar-refractivity contribution is 0.777. The van der Waals surface area contributed by atoms with E-state index in [9.17, 15) is 0 Å². The molecule has 4 nitrogen and oxygen atoms in total. The van der Waals surface area contributed by atoms with E-state index in [1.54, 1.807) is 16.9 Å². The van der Waals surface area contributed by atoms with Crippen molar-refractivity contribution in [2.24, 2.45) is 7.05 Å². The first-order chi connectivity index (χ1) is 6.72. The van der Waals surface area contributed by atoms with Gasteiger partial charge in [0.05, 0.1) is 16.8 Å². The molecule has 0 saturated carbocycles. The van der Waals surface area contributed by atoms with E-state index in [-0.39, 0.29) is 0 Å². The topological polar surface area (TPSA) is 67.6 Å². The maximum atomic E-state index is 8.69. The Bertz CT molecular complexity index is 484. The van der Waals surface area contributed by atoms with E-state index in [1.165, 1.54) is 11.3 Å². The molecular weight excluding hydrogens is 196 g/mol. The Balaban J connectivity index is 2.55. The highest BCUT2D eigenvalue weighted by atomic mass is 32.1. The van der Waals surface area contributed by atoms with Crippen molar-refractivity contribution >= 4 is 17.0 Å². The molecule has 0 aliphatic carbocycles. The van der Waals surface area contributed by atoms with E-state index < -0.39 is 0 Å². The van der Waals surface area contributed by atoms with E-state index in [0.717, 1.165) is 10.6 Å². The van der Waals surface area contributed by atoms with Crippen LogP contribution in [-0.4, -0.2) is 9.78 Å². The summed E-state index contributed by atoms with van der Waals surface area (Å²) in [5.41, 5.74) is 7.27. The van der Waals surface area contributed by atoms with Gasteiger partial charge in [-0.05, 0) is 12.1 Å². The van der Waals surface area contributed by atoms with Crippen molar-refractivity contribution < 1.29 is 0 Å². The molecule has 0 aliphatic rings. The van der Waals surface area contributed by atoms with Gasteiger partial charge in [0.15, 0.2) is 0 Å². The van der Waals surface area contributed by atoms with Crippen LogP contribution in [0.2, 0.25) is 0 Å². The lowest BCUT2D eigenvalue weighted by atomic mass is 10.3. The summed E-state index contributed by atoms with van der Waals surface area (Å²) >= 11 is 1.42. The van der Waals surface area contributed by atoms with Crippen LogP contribution >= 0.6 is 11.3 Å². The maximum Gasteiger partial charge on any atom is 0.110 e. The molecule has 0 fully saturated rings. The van der Waals surface area contributed by atoms with Gasteiger partial charge in [0.1, 0.15) is 16.6 Å². The highest BCUT2D eigenvalue weighted by Gasteiger charge is 2.10. The molecule has 2 N–H and O–H groups in total. The summed E-state index contributed by atoms with van der Waals surface area (Å²) in [4.78, 5) is 1.65. The lowest BCUT2D eigenvalue weighted by Crippen LogP contribution is -1.93. The average molecular weight is 204 g/mol. The number of aromatic nitrogens is 2. The number of anilines is 1. The quantitative estimate of drug-likeness (QED) is 0.767.